The van der Waals surface area contributed by atoms with E-state index in [1.807, 2.05) is 0 Å². The maximum atomic E-state index is 12.5. The largest absolute Gasteiger partial charge is 0.493 e. The molecule has 1 aromatic carbocycles. The molecule has 0 heterocycles. The quantitative estimate of drug-likeness (QED) is 0.776. The van der Waals surface area contributed by atoms with E-state index in [0.29, 0.717) is 11.5 Å². The van der Waals surface area contributed by atoms with Crippen molar-refractivity contribution in [2.24, 2.45) is 17.8 Å². The predicted octanol–water partition coefficient (Wildman–Crippen LogP) is 2.95. The predicted molar refractivity (Wildman–Crippen MR) is 98.9 cm³/mol. The number of amides is 1. The highest BCUT2D eigenvalue weighted by Gasteiger charge is 2.51. The van der Waals surface area contributed by atoms with Crippen molar-refractivity contribution in [3.05, 3.63) is 23.8 Å². The Hall–Kier alpha value is -2.24. The molecule has 4 fully saturated rings. The summed E-state index contributed by atoms with van der Waals surface area (Å²) in [6.45, 7) is -0.277. The summed E-state index contributed by atoms with van der Waals surface area (Å²) in [4.78, 5) is 24.9. The van der Waals surface area contributed by atoms with E-state index in [1.165, 1.54) is 33.5 Å². The third kappa shape index (κ3) is 3.49. The molecule has 1 N–H and O–H groups in total. The van der Waals surface area contributed by atoms with Crippen molar-refractivity contribution in [1.82, 2.24) is 5.32 Å². The first kappa shape index (κ1) is 18.1. The van der Waals surface area contributed by atoms with E-state index in [2.05, 4.69) is 5.32 Å². The van der Waals surface area contributed by atoms with Crippen LogP contribution in [-0.2, 0) is 9.53 Å². The summed E-state index contributed by atoms with van der Waals surface area (Å²) < 4.78 is 15.7. The second-order valence-corrected chi connectivity index (χ2v) is 8.36. The van der Waals surface area contributed by atoms with Gasteiger partial charge in [0, 0.05) is 5.54 Å². The third-order valence-corrected chi connectivity index (χ3v) is 6.40. The van der Waals surface area contributed by atoms with E-state index in [9.17, 15) is 9.59 Å². The Morgan fingerprint density at radius 2 is 1.67 bits per heavy atom. The molecule has 1 amide bonds. The molecule has 5 rings (SSSR count). The number of rotatable bonds is 6. The van der Waals surface area contributed by atoms with Crippen molar-refractivity contribution in [2.75, 3.05) is 20.8 Å². The van der Waals surface area contributed by atoms with Crippen LogP contribution in [0.1, 0.15) is 48.9 Å². The summed E-state index contributed by atoms with van der Waals surface area (Å²) >= 11 is 0. The normalized spacial score (nSPS) is 30.7. The van der Waals surface area contributed by atoms with Gasteiger partial charge < -0.3 is 19.5 Å². The van der Waals surface area contributed by atoms with E-state index in [-0.39, 0.29) is 23.6 Å². The lowest BCUT2D eigenvalue weighted by Gasteiger charge is -2.56. The molecule has 0 spiro atoms. The summed E-state index contributed by atoms with van der Waals surface area (Å²) in [5, 5.41) is 3.21. The van der Waals surface area contributed by atoms with Crippen LogP contribution in [0.5, 0.6) is 11.5 Å². The fraction of sp³-hybridized carbons (Fsp3) is 0.619. The molecule has 146 valence electrons. The molecule has 0 saturated heterocycles. The Morgan fingerprint density at radius 3 is 2.22 bits per heavy atom. The molecule has 4 bridgehead atoms. The molecule has 1 aromatic rings. The lowest BCUT2D eigenvalue weighted by Crippen LogP contribution is -2.60. The number of hydrogen-bond acceptors (Lipinski definition) is 5. The van der Waals surface area contributed by atoms with Gasteiger partial charge in [-0.3, -0.25) is 4.79 Å². The van der Waals surface area contributed by atoms with Crippen LogP contribution in [0.4, 0.5) is 0 Å². The van der Waals surface area contributed by atoms with Crippen LogP contribution in [0.3, 0.4) is 0 Å². The fourth-order valence-electron chi connectivity index (χ4n) is 5.85. The van der Waals surface area contributed by atoms with Crippen LogP contribution >= 0.6 is 0 Å². The van der Waals surface area contributed by atoms with Crippen molar-refractivity contribution >= 4 is 11.9 Å². The molecule has 0 aromatic heterocycles. The summed E-state index contributed by atoms with van der Waals surface area (Å²) in [5.74, 6) is 2.20. The topological polar surface area (TPSA) is 73.9 Å². The Labute approximate surface area is 159 Å². The Balaban J connectivity index is 1.37. The van der Waals surface area contributed by atoms with Crippen LogP contribution in [0, 0.1) is 17.8 Å². The second-order valence-electron chi connectivity index (χ2n) is 8.36. The van der Waals surface area contributed by atoms with Crippen LogP contribution in [0.15, 0.2) is 18.2 Å². The van der Waals surface area contributed by atoms with Crippen LogP contribution in [-0.4, -0.2) is 38.2 Å². The van der Waals surface area contributed by atoms with Gasteiger partial charge in [0.2, 0.25) is 0 Å². The Kier molecular flexibility index (Phi) is 4.74. The van der Waals surface area contributed by atoms with Gasteiger partial charge in [-0.15, -0.1) is 0 Å². The van der Waals surface area contributed by atoms with Gasteiger partial charge in [-0.1, -0.05) is 6.07 Å². The number of carbonyl (C=O) groups is 2. The minimum atomic E-state index is -0.591. The van der Waals surface area contributed by atoms with Gasteiger partial charge in [0.1, 0.15) is 5.56 Å². The number of esters is 1. The first-order valence-corrected chi connectivity index (χ1v) is 9.71. The number of methoxy groups -OCH3 is 2. The summed E-state index contributed by atoms with van der Waals surface area (Å²) in [6, 6.07) is 4.99. The second kappa shape index (κ2) is 7.06. The van der Waals surface area contributed by atoms with Gasteiger partial charge in [0.25, 0.3) is 5.91 Å². The molecule has 4 aliphatic rings. The molecule has 4 saturated carbocycles. The smallest absolute Gasteiger partial charge is 0.342 e. The van der Waals surface area contributed by atoms with Gasteiger partial charge >= 0.3 is 5.97 Å². The van der Waals surface area contributed by atoms with E-state index in [4.69, 9.17) is 14.2 Å². The standard InChI is InChI=1S/C21H27NO5/c1-25-17-5-3-4-16(19(17)26-2)20(24)27-12-18(23)22-21-9-13-6-14(10-21)8-15(7-13)11-21/h3-5,13-15H,6-12H2,1-2H3,(H,22,23). The average Bonchev–Trinajstić information content (AvgIpc) is 2.63. The summed E-state index contributed by atoms with van der Waals surface area (Å²) in [6.07, 6.45) is 7.17. The van der Waals surface area contributed by atoms with Gasteiger partial charge in [-0.2, -0.15) is 0 Å². The Morgan fingerprint density at radius 1 is 1.04 bits per heavy atom. The zero-order chi connectivity index (χ0) is 19.0. The molecular weight excluding hydrogens is 346 g/mol. The summed E-state index contributed by atoms with van der Waals surface area (Å²) in [7, 11) is 2.97. The number of benzene rings is 1. The highest BCUT2D eigenvalue weighted by molar-refractivity contribution is 5.95. The van der Waals surface area contributed by atoms with Crippen molar-refractivity contribution < 1.29 is 23.8 Å². The Bertz CT molecular complexity index is 709. The lowest BCUT2D eigenvalue weighted by atomic mass is 9.53. The van der Waals surface area contributed by atoms with Crippen LogP contribution < -0.4 is 14.8 Å². The number of ether oxygens (including phenoxy) is 3. The number of para-hydroxylation sites is 1. The van der Waals surface area contributed by atoms with Crippen molar-refractivity contribution in [1.29, 1.82) is 0 Å². The fourth-order valence-corrected chi connectivity index (χ4v) is 5.85. The summed E-state index contributed by atoms with van der Waals surface area (Å²) in [5.41, 5.74) is 0.172. The molecule has 0 atom stereocenters. The van der Waals surface area contributed by atoms with Gasteiger partial charge in [-0.25, -0.2) is 4.79 Å². The molecule has 27 heavy (non-hydrogen) atoms. The van der Waals surface area contributed by atoms with Gasteiger partial charge in [-0.05, 0) is 68.4 Å². The van der Waals surface area contributed by atoms with Crippen molar-refractivity contribution in [3.8, 4) is 11.5 Å². The van der Waals surface area contributed by atoms with Crippen molar-refractivity contribution in [2.45, 2.75) is 44.1 Å². The van der Waals surface area contributed by atoms with Crippen molar-refractivity contribution in [3.63, 3.8) is 0 Å². The molecule has 6 nitrogen and oxygen atoms in total. The highest BCUT2D eigenvalue weighted by atomic mass is 16.5. The minimum Gasteiger partial charge on any atom is -0.493 e. The number of hydrogen-bond donors (Lipinski definition) is 1. The SMILES string of the molecule is COc1cccc(C(=O)OCC(=O)NC23CC4CC(CC(C4)C2)C3)c1OC. The maximum Gasteiger partial charge on any atom is 0.342 e. The zero-order valence-corrected chi connectivity index (χ0v) is 16.0. The molecule has 4 aliphatic carbocycles. The average molecular weight is 373 g/mol. The number of nitrogens with one attached hydrogen (secondary N) is 1. The molecule has 0 radical (unpaired) electrons. The molecule has 6 heteroatoms. The minimum absolute atomic E-state index is 0.0775. The van der Waals surface area contributed by atoms with E-state index >= 15 is 0 Å². The van der Waals surface area contributed by atoms with E-state index in [0.717, 1.165) is 37.0 Å². The lowest BCUT2D eigenvalue weighted by molar-refractivity contribution is -0.130. The maximum absolute atomic E-state index is 12.5. The molecule has 0 aliphatic heterocycles. The van der Waals surface area contributed by atoms with E-state index < -0.39 is 5.97 Å². The van der Waals surface area contributed by atoms with Gasteiger partial charge in [0.15, 0.2) is 18.1 Å². The zero-order valence-electron chi connectivity index (χ0n) is 16.0. The van der Waals surface area contributed by atoms with E-state index in [1.54, 1.807) is 18.2 Å². The highest BCUT2D eigenvalue weighted by Crippen LogP contribution is 2.55. The third-order valence-electron chi connectivity index (χ3n) is 6.40. The molecular formula is C21H27NO5. The number of carbonyl (C=O) groups excluding carboxylic acids is 2. The van der Waals surface area contributed by atoms with Crippen LogP contribution in [0.25, 0.3) is 0 Å². The molecule has 0 unspecified atom stereocenters. The first-order chi connectivity index (χ1) is 13.0. The van der Waals surface area contributed by atoms with Crippen LogP contribution in [0.2, 0.25) is 0 Å². The monoisotopic (exact) mass is 373 g/mol. The van der Waals surface area contributed by atoms with Gasteiger partial charge in [0.05, 0.1) is 14.2 Å². The first-order valence-electron chi connectivity index (χ1n) is 9.71.